The molecule has 6 nitrogen and oxygen atoms in total. The molecular weight excluding hydrogens is 416 g/mol. The normalized spacial score (nSPS) is 17.2. The van der Waals surface area contributed by atoms with Gasteiger partial charge in [-0.2, -0.15) is 5.10 Å². The van der Waals surface area contributed by atoms with Crippen LogP contribution in [0.2, 0.25) is 0 Å². The standard InChI is InChI=1S/C21H31BrN6/c1-5-23-21(24-12-10-18-15(2)26-27(4)16(18)3)25-17-11-13-28(14-17)20-9-7-6-8-19(20)22/h6-9,17H,5,10-14H2,1-4H3,(H2,23,24,25). The first-order valence-corrected chi connectivity index (χ1v) is 10.8. The highest BCUT2D eigenvalue weighted by Gasteiger charge is 2.24. The van der Waals surface area contributed by atoms with Crippen LogP contribution in [0.1, 0.15) is 30.3 Å². The van der Waals surface area contributed by atoms with E-state index in [1.54, 1.807) is 0 Å². The molecule has 0 bridgehead atoms. The van der Waals surface area contributed by atoms with Crippen molar-refractivity contribution in [1.29, 1.82) is 0 Å². The second kappa shape index (κ2) is 9.45. The smallest absolute Gasteiger partial charge is 0.191 e. The van der Waals surface area contributed by atoms with Gasteiger partial charge < -0.3 is 15.5 Å². The number of nitrogens with zero attached hydrogens (tertiary/aromatic N) is 4. The Labute approximate surface area is 176 Å². The first-order chi connectivity index (χ1) is 13.5. The third-order valence-corrected chi connectivity index (χ3v) is 6.03. The third kappa shape index (κ3) is 4.87. The van der Waals surface area contributed by atoms with Crippen LogP contribution < -0.4 is 15.5 Å². The topological polar surface area (TPSA) is 57.5 Å². The fourth-order valence-electron chi connectivity index (χ4n) is 3.78. The number of rotatable bonds is 6. The molecule has 1 aromatic heterocycles. The molecule has 0 radical (unpaired) electrons. The van der Waals surface area contributed by atoms with E-state index in [1.807, 2.05) is 11.7 Å². The molecule has 1 aromatic carbocycles. The highest BCUT2D eigenvalue weighted by Crippen LogP contribution is 2.28. The summed E-state index contributed by atoms with van der Waals surface area (Å²) in [4.78, 5) is 7.23. The minimum Gasteiger partial charge on any atom is -0.368 e. The summed E-state index contributed by atoms with van der Waals surface area (Å²) in [5.41, 5.74) is 4.90. The molecule has 152 valence electrons. The summed E-state index contributed by atoms with van der Waals surface area (Å²) in [6, 6.07) is 8.82. The van der Waals surface area contributed by atoms with E-state index in [2.05, 4.69) is 81.6 Å². The number of anilines is 1. The van der Waals surface area contributed by atoms with Crippen LogP contribution in [0.5, 0.6) is 0 Å². The van der Waals surface area contributed by atoms with E-state index in [9.17, 15) is 0 Å². The van der Waals surface area contributed by atoms with E-state index in [4.69, 9.17) is 4.99 Å². The number of benzene rings is 1. The molecule has 0 aliphatic carbocycles. The number of aliphatic imine (C=N–C) groups is 1. The van der Waals surface area contributed by atoms with Gasteiger partial charge in [-0.3, -0.25) is 9.67 Å². The van der Waals surface area contributed by atoms with E-state index in [1.165, 1.54) is 16.9 Å². The van der Waals surface area contributed by atoms with Crippen molar-refractivity contribution in [3.8, 4) is 0 Å². The molecular formula is C21H31BrN6. The van der Waals surface area contributed by atoms with Crippen LogP contribution in [0, 0.1) is 13.8 Å². The maximum Gasteiger partial charge on any atom is 0.191 e. The van der Waals surface area contributed by atoms with E-state index < -0.39 is 0 Å². The van der Waals surface area contributed by atoms with Gasteiger partial charge in [0.2, 0.25) is 0 Å². The van der Waals surface area contributed by atoms with Crippen molar-refractivity contribution >= 4 is 27.6 Å². The Balaban J connectivity index is 1.58. The van der Waals surface area contributed by atoms with Crippen LogP contribution >= 0.6 is 15.9 Å². The molecule has 0 amide bonds. The maximum absolute atomic E-state index is 4.81. The van der Waals surface area contributed by atoms with Crippen molar-refractivity contribution in [2.75, 3.05) is 31.1 Å². The van der Waals surface area contributed by atoms with Gasteiger partial charge in [0.1, 0.15) is 0 Å². The molecule has 2 N–H and O–H groups in total. The number of guanidine groups is 1. The van der Waals surface area contributed by atoms with E-state index in [0.29, 0.717) is 6.04 Å². The summed E-state index contributed by atoms with van der Waals surface area (Å²) in [5, 5.41) is 11.5. The molecule has 2 aromatic rings. The summed E-state index contributed by atoms with van der Waals surface area (Å²) < 4.78 is 3.10. The summed E-state index contributed by atoms with van der Waals surface area (Å²) in [6.07, 6.45) is 2.02. The average Bonchev–Trinajstić information content (AvgIpc) is 3.22. The summed E-state index contributed by atoms with van der Waals surface area (Å²) in [6.45, 7) is 9.94. The van der Waals surface area contributed by atoms with Crippen LogP contribution in [-0.4, -0.2) is 48.0 Å². The first kappa shape index (κ1) is 20.7. The van der Waals surface area contributed by atoms with Crippen molar-refractivity contribution in [1.82, 2.24) is 20.4 Å². The van der Waals surface area contributed by atoms with Crippen molar-refractivity contribution < 1.29 is 0 Å². The van der Waals surface area contributed by atoms with Crippen molar-refractivity contribution in [3.05, 3.63) is 45.7 Å². The Morgan fingerprint density at radius 2 is 2.11 bits per heavy atom. The number of aromatic nitrogens is 2. The maximum atomic E-state index is 4.81. The molecule has 0 saturated carbocycles. The van der Waals surface area contributed by atoms with Gasteiger partial charge in [-0.15, -0.1) is 0 Å². The zero-order valence-electron chi connectivity index (χ0n) is 17.3. The lowest BCUT2D eigenvalue weighted by atomic mass is 10.1. The molecule has 1 aliphatic rings. The zero-order chi connectivity index (χ0) is 20.1. The van der Waals surface area contributed by atoms with Gasteiger partial charge in [-0.25, -0.2) is 0 Å². The van der Waals surface area contributed by atoms with Crippen LogP contribution in [0.25, 0.3) is 0 Å². The Bertz CT molecular complexity index is 828. The van der Waals surface area contributed by atoms with Gasteiger partial charge in [-0.05, 0) is 67.2 Å². The SMILES string of the molecule is CCNC(=NCCc1c(C)nn(C)c1C)NC1CCN(c2ccccc2Br)C1. The molecule has 1 saturated heterocycles. The van der Waals surface area contributed by atoms with Gasteiger partial charge >= 0.3 is 0 Å². The monoisotopic (exact) mass is 446 g/mol. The fourth-order valence-corrected chi connectivity index (χ4v) is 4.31. The number of para-hydroxylation sites is 1. The van der Waals surface area contributed by atoms with Gasteiger partial charge in [-0.1, -0.05) is 12.1 Å². The number of hydrogen-bond acceptors (Lipinski definition) is 3. The summed E-state index contributed by atoms with van der Waals surface area (Å²) >= 11 is 3.67. The molecule has 2 heterocycles. The van der Waals surface area contributed by atoms with Gasteiger partial charge in [0.05, 0.1) is 11.4 Å². The van der Waals surface area contributed by atoms with Crippen LogP contribution in [0.15, 0.2) is 33.7 Å². The molecule has 0 spiro atoms. The molecule has 1 aliphatic heterocycles. The lowest BCUT2D eigenvalue weighted by Gasteiger charge is -2.21. The van der Waals surface area contributed by atoms with E-state index in [-0.39, 0.29) is 0 Å². The minimum absolute atomic E-state index is 0.395. The fraction of sp³-hybridized carbons (Fsp3) is 0.524. The molecule has 7 heteroatoms. The molecule has 1 fully saturated rings. The van der Waals surface area contributed by atoms with Gasteiger partial charge in [0, 0.05) is 49.4 Å². The molecule has 1 unspecified atom stereocenters. The molecule has 28 heavy (non-hydrogen) atoms. The molecule has 1 atom stereocenters. The van der Waals surface area contributed by atoms with Gasteiger partial charge in [0.15, 0.2) is 5.96 Å². The first-order valence-electron chi connectivity index (χ1n) is 10.0. The Morgan fingerprint density at radius 1 is 1.32 bits per heavy atom. The van der Waals surface area contributed by atoms with Crippen molar-refractivity contribution in [3.63, 3.8) is 0 Å². The van der Waals surface area contributed by atoms with Crippen LogP contribution in [0.3, 0.4) is 0 Å². The van der Waals surface area contributed by atoms with Crippen LogP contribution in [-0.2, 0) is 13.5 Å². The lowest BCUT2D eigenvalue weighted by molar-refractivity contribution is 0.649. The largest absolute Gasteiger partial charge is 0.368 e. The Kier molecular flexibility index (Phi) is 6.99. The number of aryl methyl sites for hydroxylation is 2. The lowest BCUT2D eigenvalue weighted by Crippen LogP contribution is -2.44. The quantitative estimate of drug-likeness (QED) is 0.528. The number of nitrogens with one attached hydrogen (secondary N) is 2. The summed E-state index contributed by atoms with van der Waals surface area (Å²) in [7, 11) is 2.00. The third-order valence-electron chi connectivity index (χ3n) is 5.36. The van der Waals surface area contributed by atoms with Gasteiger partial charge in [0.25, 0.3) is 0 Å². The number of halogens is 1. The van der Waals surface area contributed by atoms with Crippen LogP contribution in [0.4, 0.5) is 5.69 Å². The second-order valence-electron chi connectivity index (χ2n) is 7.31. The number of hydrogen-bond donors (Lipinski definition) is 2. The average molecular weight is 447 g/mol. The van der Waals surface area contributed by atoms with E-state index >= 15 is 0 Å². The highest BCUT2D eigenvalue weighted by atomic mass is 79.9. The predicted molar refractivity (Wildman–Crippen MR) is 120 cm³/mol. The zero-order valence-corrected chi connectivity index (χ0v) is 18.9. The minimum atomic E-state index is 0.395. The van der Waals surface area contributed by atoms with Crippen molar-refractivity contribution in [2.24, 2.45) is 12.0 Å². The Morgan fingerprint density at radius 3 is 2.79 bits per heavy atom. The predicted octanol–water partition coefficient (Wildman–Crippen LogP) is 3.18. The van der Waals surface area contributed by atoms with E-state index in [0.717, 1.165) is 55.1 Å². The summed E-state index contributed by atoms with van der Waals surface area (Å²) in [5.74, 6) is 0.903. The molecule has 3 rings (SSSR count). The second-order valence-corrected chi connectivity index (χ2v) is 8.17. The Hall–Kier alpha value is -2.02. The highest BCUT2D eigenvalue weighted by molar-refractivity contribution is 9.10. The van der Waals surface area contributed by atoms with Crippen molar-refractivity contribution in [2.45, 2.75) is 39.7 Å².